The number of nitrogens with two attached hydrogens (primary N) is 2. The summed E-state index contributed by atoms with van der Waals surface area (Å²) >= 11 is 0.739. The summed E-state index contributed by atoms with van der Waals surface area (Å²) in [7, 11) is 0. The first-order valence-corrected chi connectivity index (χ1v) is 16.9. The Morgan fingerprint density at radius 1 is 1.08 bits per heavy atom. The summed E-state index contributed by atoms with van der Waals surface area (Å²) in [4.78, 5) is 31.1. The second kappa shape index (κ2) is 11.6. The Labute approximate surface area is 280 Å². The largest absolute Gasteiger partial charge is 0.461 e. The van der Waals surface area contributed by atoms with Crippen molar-refractivity contribution in [3.63, 3.8) is 0 Å². The van der Waals surface area contributed by atoms with Crippen molar-refractivity contribution in [3.05, 3.63) is 35.4 Å². The Hall–Kier alpha value is -3.96. The molecular weight excluding hydrogens is 674 g/mol. The molecule has 17 heteroatoms. The summed E-state index contributed by atoms with van der Waals surface area (Å²) in [5, 5.41) is -0.304. The molecule has 6 heterocycles. The number of ether oxygens (including phenoxy) is 1. The fourth-order valence-corrected chi connectivity index (χ4v) is 9.18. The van der Waals surface area contributed by atoms with Crippen molar-refractivity contribution in [3.8, 4) is 17.1 Å². The molecule has 2 bridgehead atoms. The van der Waals surface area contributed by atoms with Crippen LogP contribution in [0.15, 0.2) is 18.2 Å². The molecule has 4 aromatic rings. The van der Waals surface area contributed by atoms with E-state index in [9.17, 15) is 26.7 Å². The maximum absolute atomic E-state index is 17.0. The van der Waals surface area contributed by atoms with Gasteiger partial charge in [-0.05, 0) is 50.4 Å². The minimum absolute atomic E-state index is 0.00813. The summed E-state index contributed by atoms with van der Waals surface area (Å²) in [6, 6.07) is 1.98. The van der Waals surface area contributed by atoms with Crippen molar-refractivity contribution in [1.82, 2.24) is 24.8 Å². The fourth-order valence-electron chi connectivity index (χ4n) is 8.41. The van der Waals surface area contributed by atoms with Crippen LogP contribution in [0.5, 0.6) is 6.01 Å². The van der Waals surface area contributed by atoms with E-state index in [0.717, 1.165) is 36.0 Å². The van der Waals surface area contributed by atoms with Crippen LogP contribution in [0.4, 0.5) is 37.3 Å². The lowest BCUT2D eigenvalue weighted by molar-refractivity contribution is -0.137. The van der Waals surface area contributed by atoms with Crippen molar-refractivity contribution >= 4 is 49.3 Å². The maximum atomic E-state index is 17.0. The molecule has 1 amide bonds. The van der Waals surface area contributed by atoms with E-state index >= 15 is 4.39 Å². The molecule has 8 rings (SSSR count). The molecule has 0 spiro atoms. The van der Waals surface area contributed by atoms with Gasteiger partial charge in [-0.2, -0.15) is 23.1 Å². The Morgan fingerprint density at radius 3 is 2.55 bits per heavy atom. The summed E-state index contributed by atoms with van der Waals surface area (Å²) in [5.41, 5.74) is 7.73. The van der Waals surface area contributed by atoms with Crippen LogP contribution in [0.25, 0.3) is 32.2 Å². The minimum Gasteiger partial charge on any atom is -0.461 e. The van der Waals surface area contributed by atoms with Gasteiger partial charge in [0.1, 0.15) is 29.9 Å². The van der Waals surface area contributed by atoms with Crippen LogP contribution in [0, 0.1) is 11.6 Å². The molecule has 0 aliphatic carbocycles. The minimum atomic E-state index is -5.05. The summed E-state index contributed by atoms with van der Waals surface area (Å²) in [6.45, 7) is 1.24. The number of rotatable bonds is 6. The predicted molar refractivity (Wildman–Crippen MR) is 171 cm³/mol. The van der Waals surface area contributed by atoms with Gasteiger partial charge in [-0.15, -0.1) is 0 Å². The summed E-state index contributed by atoms with van der Waals surface area (Å²) in [5.74, 6) is -2.28. The molecule has 4 saturated heterocycles. The lowest BCUT2D eigenvalue weighted by Gasteiger charge is -2.41. The van der Waals surface area contributed by atoms with Crippen LogP contribution in [0.3, 0.4) is 0 Å². The molecule has 2 unspecified atom stereocenters. The number of piperazine rings is 1. The van der Waals surface area contributed by atoms with Crippen molar-refractivity contribution in [1.29, 1.82) is 0 Å². The van der Waals surface area contributed by atoms with E-state index in [1.807, 2.05) is 4.90 Å². The highest BCUT2D eigenvalue weighted by Gasteiger charge is 2.50. The Morgan fingerprint density at radius 2 is 1.84 bits per heavy atom. The number of amides is 1. The topological polar surface area (TPSA) is 127 Å². The number of anilines is 2. The van der Waals surface area contributed by atoms with Gasteiger partial charge in [-0.3, -0.25) is 9.69 Å². The molecule has 4 atom stereocenters. The maximum Gasteiger partial charge on any atom is 0.417 e. The number of hydrogen-bond donors (Lipinski definition) is 2. The average molecular weight is 707 g/mol. The molecule has 4 aliphatic rings. The van der Waals surface area contributed by atoms with E-state index < -0.39 is 46.2 Å². The molecule has 2 aromatic heterocycles. The van der Waals surface area contributed by atoms with Crippen LogP contribution in [-0.2, 0) is 11.0 Å². The van der Waals surface area contributed by atoms with Gasteiger partial charge in [0, 0.05) is 54.7 Å². The number of alkyl halides is 4. The molecule has 4 fully saturated rings. The number of nitrogens with zero attached hydrogens (tertiary/aromatic N) is 6. The molecule has 260 valence electrons. The van der Waals surface area contributed by atoms with Gasteiger partial charge in [0.15, 0.2) is 10.9 Å². The van der Waals surface area contributed by atoms with E-state index in [0.29, 0.717) is 25.8 Å². The zero-order valence-corrected chi connectivity index (χ0v) is 26.9. The molecule has 4 aliphatic heterocycles. The van der Waals surface area contributed by atoms with Crippen molar-refractivity contribution in [2.75, 3.05) is 50.0 Å². The smallest absolute Gasteiger partial charge is 0.417 e. The summed E-state index contributed by atoms with van der Waals surface area (Å²) in [6.07, 6.45) is -3.00. The normalized spacial score (nSPS) is 25.6. The molecular formula is C32H32F6N8O2S. The monoisotopic (exact) mass is 706 g/mol. The lowest BCUT2D eigenvalue weighted by atomic mass is 9.94. The third-order valence-corrected chi connectivity index (χ3v) is 11.3. The van der Waals surface area contributed by atoms with Crippen molar-refractivity contribution in [2.45, 2.75) is 62.1 Å². The molecule has 0 radical (unpaired) electrons. The first kappa shape index (κ1) is 32.3. The SMILES string of the molecule is NCC(=O)N1C2CCC1CN(c1nc(OC[C@@]34CCCN3C[C@H](F)C4)nc3c(F)c(-c4ccc(F)c5sc(N)nc45)c(C(F)(F)F)cc13)C2. The second-order valence-corrected chi connectivity index (χ2v) is 14.4. The van der Waals surface area contributed by atoms with Crippen LogP contribution < -0.4 is 21.1 Å². The number of aromatic nitrogens is 3. The number of thiazole rings is 1. The van der Waals surface area contributed by atoms with E-state index in [2.05, 4.69) is 15.0 Å². The highest BCUT2D eigenvalue weighted by atomic mass is 32.1. The van der Waals surface area contributed by atoms with Gasteiger partial charge in [-0.25, -0.2) is 18.2 Å². The number of nitrogen functional groups attached to an aromatic ring is 1. The molecule has 4 N–H and O–H groups in total. The number of halogens is 6. The third-order valence-electron chi connectivity index (χ3n) is 10.5. The zero-order valence-electron chi connectivity index (χ0n) is 26.1. The first-order chi connectivity index (χ1) is 23.4. The Bertz CT molecular complexity index is 1980. The Kier molecular flexibility index (Phi) is 7.60. The highest BCUT2D eigenvalue weighted by molar-refractivity contribution is 7.22. The number of hydrogen-bond acceptors (Lipinski definition) is 10. The zero-order chi connectivity index (χ0) is 34.4. The van der Waals surface area contributed by atoms with Gasteiger partial charge in [0.2, 0.25) is 5.91 Å². The first-order valence-electron chi connectivity index (χ1n) is 16.1. The lowest BCUT2D eigenvalue weighted by Crippen LogP contribution is -2.57. The van der Waals surface area contributed by atoms with Gasteiger partial charge in [0.25, 0.3) is 0 Å². The van der Waals surface area contributed by atoms with Crippen LogP contribution in [-0.4, -0.2) is 93.8 Å². The molecule has 49 heavy (non-hydrogen) atoms. The van der Waals surface area contributed by atoms with Gasteiger partial charge in [0.05, 0.1) is 27.9 Å². The molecule has 10 nitrogen and oxygen atoms in total. The van der Waals surface area contributed by atoms with E-state index in [1.54, 1.807) is 9.80 Å². The Balaban J connectivity index is 1.30. The van der Waals surface area contributed by atoms with Crippen molar-refractivity contribution < 1.29 is 35.9 Å². The second-order valence-electron chi connectivity index (χ2n) is 13.3. The highest BCUT2D eigenvalue weighted by Crippen LogP contribution is 2.47. The third kappa shape index (κ3) is 5.23. The van der Waals surface area contributed by atoms with Crippen LogP contribution in [0.2, 0.25) is 0 Å². The van der Waals surface area contributed by atoms with Crippen LogP contribution >= 0.6 is 11.3 Å². The van der Waals surface area contributed by atoms with E-state index in [-0.39, 0.29) is 95.3 Å². The number of carbonyl (C=O) groups is 1. The van der Waals surface area contributed by atoms with E-state index in [4.69, 9.17) is 16.2 Å². The predicted octanol–water partition coefficient (Wildman–Crippen LogP) is 4.88. The van der Waals surface area contributed by atoms with Crippen LogP contribution in [0.1, 0.15) is 37.7 Å². The molecule has 2 aromatic carbocycles. The van der Waals surface area contributed by atoms with Gasteiger partial charge < -0.3 is 26.0 Å². The van der Waals surface area contributed by atoms with Gasteiger partial charge >= 0.3 is 12.2 Å². The fraction of sp³-hybridized carbons (Fsp3) is 0.500. The quantitative estimate of drug-likeness (QED) is 0.270. The van der Waals surface area contributed by atoms with Gasteiger partial charge in [-0.1, -0.05) is 11.3 Å². The number of carbonyl (C=O) groups excluding carboxylic acids is 1. The van der Waals surface area contributed by atoms with Crippen molar-refractivity contribution in [2.24, 2.45) is 5.73 Å². The molecule has 0 saturated carbocycles. The standard InChI is InChI=1S/C32H32F6N8O2S/c33-15-9-31(6-1-7-45(31)11-15)14-48-30-42-25-19(28(43-30)44-12-16-2-3-17(13-44)46(16)22(47)10-39)8-20(32(36,37)38)23(24(25)35)18-4-5-21(34)27-26(18)41-29(40)49-27/h4-5,8,15-17H,1-3,6-7,9-14,39H2,(H2,40,41)/t15-,16?,17?,31+/m1/s1. The number of fused-ring (bicyclic) bond motifs is 5. The number of benzene rings is 2. The average Bonchev–Trinajstić information content (AvgIpc) is 3.79. The summed E-state index contributed by atoms with van der Waals surface area (Å²) < 4.78 is 96.8. The van der Waals surface area contributed by atoms with E-state index in [1.165, 1.54) is 0 Å².